The van der Waals surface area contributed by atoms with E-state index >= 15 is 0 Å². The van der Waals surface area contributed by atoms with Crippen molar-refractivity contribution in [1.82, 2.24) is 5.32 Å². The maximum atomic E-state index is 12.0. The summed E-state index contributed by atoms with van der Waals surface area (Å²) in [5, 5.41) is 23.4. The number of hydrogen-bond acceptors (Lipinski definition) is 5. The molecule has 106 valence electrons. The normalized spacial score (nSPS) is 24.1. The molecule has 2 N–H and O–H groups in total. The average Bonchev–Trinajstić information content (AvgIpc) is 2.39. The summed E-state index contributed by atoms with van der Waals surface area (Å²) >= 11 is 0. The van der Waals surface area contributed by atoms with Crippen LogP contribution in [-0.2, 0) is 4.79 Å². The number of nitrogens with one attached hydrogen (secondary N) is 1. The number of aliphatic hydroxyl groups excluding tert-OH is 1. The summed E-state index contributed by atoms with van der Waals surface area (Å²) in [5.74, 6) is -0.0716. The lowest BCUT2D eigenvalue weighted by molar-refractivity contribution is -0.384. The summed E-state index contributed by atoms with van der Waals surface area (Å²) in [6, 6.07) is 6.50. The Labute approximate surface area is 115 Å². The molecule has 1 aromatic carbocycles. The van der Waals surface area contributed by atoms with Crippen LogP contribution in [0.3, 0.4) is 0 Å². The van der Waals surface area contributed by atoms with E-state index in [9.17, 15) is 20.0 Å². The second-order valence-corrected chi connectivity index (χ2v) is 5.45. The summed E-state index contributed by atoms with van der Waals surface area (Å²) in [6.45, 7) is 1.09. The van der Waals surface area contributed by atoms with Crippen LogP contribution in [0.4, 0.5) is 11.4 Å². The molecule has 7 heteroatoms. The van der Waals surface area contributed by atoms with Crippen LogP contribution in [0.2, 0.25) is 0 Å². The first kappa shape index (κ1) is 12.9. The molecule has 2 saturated heterocycles. The molecule has 2 heterocycles. The minimum atomic E-state index is -0.610. The Balaban J connectivity index is 1.81. The van der Waals surface area contributed by atoms with Crippen LogP contribution < -0.4 is 10.2 Å². The molecule has 1 atom stereocenters. The number of rotatable bonds is 2. The highest BCUT2D eigenvalue weighted by Gasteiger charge is 2.53. The Morgan fingerprint density at radius 1 is 1.40 bits per heavy atom. The zero-order chi connectivity index (χ0) is 14.3. The van der Waals surface area contributed by atoms with Gasteiger partial charge in [-0.15, -0.1) is 0 Å². The van der Waals surface area contributed by atoms with Gasteiger partial charge in [0.25, 0.3) is 5.69 Å². The third-order valence-corrected chi connectivity index (χ3v) is 4.01. The van der Waals surface area contributed by atoms with Gasteiger partial charge in [0.1, 0.15) is 5.69 Å². The predicted octanol–water partition coefficient (Wildman–Crippen LogP) is 0.282. The second-order valence-electron chi connectivity index (χ2n) is 5.45. The molecular weight excluding hydrogens is 262 g/mol. The molecule has 1 unspecified atom stereocenters. The summed E-state index contributed by atoms with van der Waals surface area (Å²) < 4.78 is 0. The molecule has 7 nitrogen and oxygen atoms in total. The van der Waals surface area contributed by atoms with Gasteiger partial charge in [0.15, 0.2) is 0 Å². The molecule has 0 aliphatic carbocycles. The van der Waals surface area contributed by atoms with Crippen molar-refractivity contribution in [3.8, 4) is 0 Å². The molecule has 1 aromatic rings. The lowest BCUT2D eigenvalue weighted by atomic mass is 9.72. The number of nitro benzene ring substituents is 1. The number of piperidine rings is 1. The number of carbonyl (C=O) groups is 1. The molecule has 0 radical (unpaired) electrons. The smallest absolute Gasteiger partial charge is 0.292 e. The lowest BCUT2D eigenvalue weighted by Crippen LogP contribution is -2.67. The maximum absolute atomic E-state index is 12.0. The molecule has 0 aromatic heterocycles. The van der Waals surface area contributed by atoms with Gasteiger partial charge in [-0.2, -0.15) is 0 Å². The van der Waals surface area contributed by atoms with Crippen LogP contribution in [0.15, 0.2) is 24.3 Å². The third kappa shape index (κ3) is 1.90. The number of carbonyl (C=O) groups excluding carboxylic acids is 1. The summed E-state index contributed by atoms with van der Waals surface area (Å²) in [6.07, 6.45) is -0.128. The van der Waals surface area contributed by atoms with Gasteiger partial charge >= 0.3 is 0 Å². The number of nitro groups is 1. The molecule has 2 aliphatic rings. The van der Waals surface area contributed by atoms with Crippen LogP contribution in [-0.4, -0.2) is 41.7 Å². The molecule has 20 heavy (non-hydrogen) atoms. The Morgan fingerprint density at radius 3 is 2.80 bits per heavy atom. The van der Waals surface area contributed by atoms with Crippen LogP contribution >= 0.6 is 0 Å². The van der Waals surface area contributed by atoms with E-state index in [0.717, 1.165) is 0 Å². The van der Waals surface area contributed by atoms with Gasteiger partial charge in [-0.25, -0.2) is 0 Å². The summed E-state index contributed by atoms with van der Waals surface area (Å²) in [4.78, 5) is 24.4. The van der Waals surface area contributed by atoms with Crippen molar-refractivity contribution >= 4 is 17.3 Å². The van der Waals surface area contributed by atoms with Gasteiger partial charge in [-0.1, -0.05) is 12.1 Å². The monoisotopic (exact) mass is 277 g/mol. The van der Waals surface area contributed by atoms with Crippen LogP contribution in [0, 0.1) is 15.5 Å². The molecule has 3 rings (SSSR count). The topological polar surface area (TPSA) is 95.7 Å². The molecule has 1 amide bonds. The highest BCUT2D eigenvalue weighted by Crippen LogP contribution is 2.42. The van der Waals surface area contributed by atoms with Crippen LogP contribution in [0.5, 0.6) is 0 Å². The molecule has 2 fully saturated rings. The molecule has 1 spiro atoms. The quantitative estimate of drug-likeness (QED) is 0.598. The minimum absolute atomic E-state index is 0.0408. The first-order valence-corrected chi connectivity index (χ1v) is 6.47. The van der Waals surface area contributed by atoms with Gasteiger partial charge in [-0.05, 0) is 12.5 Å². The average molecular weight is 277 g/mol. The first-order valence-electron chi connectivity index (χ1n) is 6.47. The number of aliphatic hydroxyl groups is 1. The van der Waals surface area contributed by atoms with E-state index in [4.69, 9.17) is 0 Å². The van der Waals surface area contributed by atoms with E-state index in [2.05, 4.69) is 5.32 Å². The predicted molar refractivity (Wildman–Crippen MR) is 71.4 cm³/mol. The Bertz CT molecular complexity index is 568. The lowest BCUT2D eigenvalue weighted by Gasteiger charge is -2.52. The largest absolute Gasteiger partial charge is 0.391 e. The van der Waals surface area contributed by atoms with Crippen molar-refractivity contribution in [2.45, 2.75) is 12.5 Å². The SMILES string of the molecule is O=C1NCC(O)CC12CN(c1ccccc1[N+](=O)[O-])C2. The molecule has 0 saturated carbocycles. The zero-order valence-electron chi connectivity index (χ0n) is 10.8. The van der Waals surface area contributed by atoms with E-state index in [1.807, 2.05) is 4.90 Å². The van der Waals surface area contributed by atoms with Gasteiger partial charge < -0.3 is 15.3 Å². The number of amides is 1. The number of para-hydroxylation sites is 2. The standard InChI is InChI=1S/C13H15N3O4/c17-9-5-13(12(18)14-6-9)7-15(8-13)10-3-1-2-4-11(10)16(19)20/h1-4,9,17H,5-8H2,(H,14,18). The number of benzene rings is 1. The highest BCUT2D eigenvalue weighted by molar-refractivity contribution is 5.87. The van der Waals surface area contributed by atoms with Gasteiger partial charge in [0.2, 0.25) is 5.91 Å². The van der Waals surface area contributed by atoms with Crippen molar-refractivity contribution in [2.24, 2.45) is 5.41 Å². The maximum Gasteiger partial charge on any atom is 0.292 e. The van der Waals surface area contributed by atoms with E-state index in [0.29, 0.717) is 25.2 Å². The Morgan fingerprint density at radius 2 is 2.10 bits per heavy atom. The van der Waals surface area contributed by atoms with Crippen molar-refractivity contribution in [3.63, 3.8) is 0 Å². The Hall–Kier alpha value is -2.15. The zero-order valence-corrected chi connectivity index (χ0v) is 10.8. The number of nitrogens with zero attached hydrogens (tertiary/aromatic N) is 2. The van der Waals surface area contributed by atoms with E-state index in [1.54, 1.807) is 18.2 Å². The van der Waals surface area contributed by atoms with E-state index in [1.165, 1.54) is 6.07 Å². The van der Waals surface area contributed by atoms with Gasteiger partial charge in [0.05, 0.1) is 16.4 Å². The Kier molecular flexibility index (Phi) is 2.86. The van der Waals surface area contributed by atoms with Crippen molar-refractivity contribution < 1.29 is 14.8 Å². The fraction of sp³-hybridized carbons (Fsp3) is 0.462. The molecule has 0 bridgehead atoms. The first-order chi connectivity index (χ1) is 9.52. The van der Waals surface area contributed by atoms with Crippen molar-refractivity contribution in [2.75, 3.05) is 24.5 Å². The summed E-state index contributed by atoms with van der Waals surface area (Å²) in [7, 11) is 0. The summed E-state index contributed by atoms with van der Waals surface area (Å²) in [5.41, 5.74) is -0.0448. The van der Waals surface area contributed by atoms with E-state index in [-0.39, 0.29) is 18.1 Å². The van der Waals surface area contributed by atoms with Crippen molar-refractivity contribution in [1.29, 1.82) is 0 Å². The fourth-order valence-electron chi connectivity index (χ4n) is 3.03. The molecule has 2 aliphatic heterocycles. The van der Waals surface area contributed by atoms with Gasteiger partial charge in [0, 0.05) is 25.7 Å². The van der Waals surface area contributed by atoms with Crippen LogP contribution in [0.25, 0.3) is 0 Å². The van der Waals surface area contributed by atoms with E-state index < -0.39 is 16.4 Å². The van der Waals surface area contributed by atoms with Crippen molar-refractivity contribution in [3.05, 3.63) is 34.4 Å². The second kappa shape index (κ2) is 4.45. The number of hydrogen-bond donors (Lipinski definition) is 2. The van der Waals surface area contributed by atoms with Gasteiger partial charge in [-0.3, -0.25) is 14.9 Å². The molecular formula is C13H15N3O4. The minimum Gasteiger partial charge on any atom is -0.391 e. The fourth-order valence-corrected chi connectivity index (χ4v) is 3.03. The van der Waals surface area contributed by atoms with Crippen LogP contribution in [0.1, 0.15) is 6.42 Å². The number of β-amino-alcohol motifs (C(OH)–C–C–N with tert-alkyl or cyclic N) is 1. The highest BCUT2D eigenvalue weighted by atomic mass is 16.6. The third-order valence-electron chi connectivity index (χ3n) is 4.01. The number of anilines is 1.